The van der Waals surface area contributed by atoms with E-state index in [-0.39, 0.29) is 18.5 Å². The lowest BCUT2D eigenvalue weighted by Crippen LogP contribution is -2.46. The van der Waals surface area contributed by atoms with Gasteiger partial charge in [-0.25, -0.2) is 0 Å². The average Bonchev–Trinajstić information content (AvgIpc) is 3.13. The van der Waals surface area contributed by atoms with Crippen LogP contribution in [0.4, 0.5) is 0 Å². The molecule has 5 heteroatoms. The second-order valence-corrected chi connectivity index (χ2v) is 5.88. The molecule has 0 aromatic heterocycles. The van der Waals surface area contributed by atoms with Crippen molar-refractivity contribution in [3.05, 3.63) is 34.9 Å². The summed E-state index contributed by atoms with van der Waals surface area (Å²) in [5, 5.41) is 3.23. The third kappa shape index (κ3) is 2.93. The number of hydrogen-bond acceptors (Lipinski definition) is 3. The molecule has 21 heavy (non-hydrogen) atoms. The number of hydrogen-bond donors (Lipinski definition) is 2. The average molecular weight is 287 g/mol. The maximum absolute atomic E-state index is 12.8. The van der Waals surface area contributed by atoms with E-state index in [1.165, 1.54) is 11.1 Å². The summed E-state index contributed by atoms with van der Waals surface area (Å²) in [6.07, 6.45) is 4.16. The molecule has 0 bridgehead atoms. The van der Waals surface area contributed by atoms with Gasteiger partial charge in [-0.1, -0.05) is 6.07 Å². The molecule has 1 saturated heterocycles. The van der Waals surface area contributed by atoms with Crippen LogP contribution in [0.3, 0.4) is 0 Å². The Morgan fingerprint density at radius 1 is 1.29 bits per heavy atom. The molecule has 1 aromatic rings. The highest BCUT2D eigenvalue weighted by atomic mass is 16.2. The number of nitrogens with zero attached hydrogens (tertiary/aromatic N) is 1. The van der Waals surface area contributed by atoms with Gasteiger partial charge < -0.3 is 16.0 Å². The molecule has 2 amide bonds. The fraction of sp³-hybridized carbons (Fsp3) is 0.500. The number of carbonyl (C=O) groups is 2. The summed E-state index contributed by atoms with van der Waals surface area (Å²) in [5.41, 5.74) is 8.60. The van der Waals surface area contributed by atoms with Crippen molar-refractivity contribution in [2.24, 2.45) is 5.73 Å². The second kappa shape index (κ2) is 5.85. The summed E-state index contributed by atoms with van der Waals surface area (Å²) >= 11 is 0. The largest absolute Gasteiger partial charge is 0.368 e. The van der Waals surface area contributed by atoms with Gasteiger partial charge in [-0.3, -0.25) is 9.59 Å². The first-order chi connectivity index (χ1) is 10.1. The molecule has 3 N–H and O–H groups in total. The number of fused-ring (bicyclic) bond motifs is 1. The molecule has 5 nitrogen and oxygen atoms in total. The Kier molecular flexibility index (Phi) is 3.92. The number of rotatable bonds is 4. The quantitative estimate of drug-likeness (QED) is 0.845. The van der Waals surface area contributed by atoms with Crippen molar-refractivity contribution in [3.8, 4) is 0 Å². The van der Waals surface area contributed by atoms with Crippen molar-refractivity contribution < 1.29 is 9.59 Å². The van der Waals surface area contributed by atoms with Crippen LogP contribution in [0.25, 0.3) is 0 Å². The van der Waals surface area contributed by atoms with Crippen molar-refractivity contribution in [2.75, 3.05) is 19.6 Å². The maximum atomic E-state index is 12.8. The van der Waals surface area contributed by atoms with Crippen LogP contribution < -0.4 is 11.1 Å². The van der Waals surface area contributed by atoms with E-state index in [9.17, 15) is 9.59 Å². The van der Waals surface area contributed by atoms with Crippen LogP contribution in [0.2, 0.25) is 0 Å². The Balaban J connectivity index is 1.84. The number of benzene rings is 1. The molecule has 0 saturated carbocycles. The van der Waals surface area contributed by atoms with Gasteiger partial charge in [-0.2, -0.15) is 0 Å². The number of aryl methyl sites for hydroxylation is 2. The Bertz CT molecular complexity index is 565. The molecule has 1 aromatic carbocycles. The highest BCUT2D eigenvalue weighted by Gasteiger charge is 2.29. The molecule has 0 radical (unpaired) electrons. The molecule has 1 aliphatic carbocycles. The number of amides is 2. The van der Waals surface area contributed by atoms with E-state index in [0.29, 0.717) is 5.56 Å². The highest BCUT2D eigenvalue weighted by molar-refractivity contribution is 5.97. The third-order valence-electron chi connectivity index (χ3n) is 4.41. The van der Waals surface area contributed by atoms with Crippen LogP contribution in [0.5, 0.6) is 0 Å². The van der Waals surface area contributed by atoms with E-state index < -0.39 is 5.91 Å². The van der Waals surface area contributed by atoms with Crippen molar-refractivity contribution >= 4 is 11.8 Å². The molecular formula is C16H21N3O2. The number of nitrogens with two attached hydrogens (primary N) is 1. The van der Waals surface area contributed by atoms with Crippen molar-refractivity contribution in [3.63, 3.8) is 0 Å². The van der Waals surface area contributed by atoms with Crippen LogP contribution in [-0.2, 0) is 17.6 Å². The van der Waals surface area contributed by atoms with Gasteiger partial charge in [0, 0.05) is 18.2 Å². The van der Waals surface area contributed by atoms with E-state index >= 15 is 0 Å². The molecule has 1 atom stereocenters. The first-order valence-corrected chi connectivity index (χ1v) is 7.57. The minimum atomic E-state index is -0.462. The van der Waals surface area contributed by atoms with Gasteiger partial charge in [0.25, 0.3) is 5.91 Å². The van der Waals surface area contributed by atoms with Gasteiger partial charge in [-0.15, -0.1) is 0 Å². The Morgan fingerprint density at radius 3 is 2.81 bits per heavy atom. The molecule has 1 aliphatic heterocycles. The first kappa shape index (κ1) is 14.1. The van der Waals surface area contributed by atoms with Crippen LogP contribution >= 0.6 is 0 Å². The predicted molar refractivity (Wildman–Crippen MR) is 80.0 cm³/mol. The molecule has 3 rings (SSSR count). The van der Waals surface area contributed by atoms with Gasteiger partial charge in [0.2, 0.25) is 5.91 Å². The first-order valence-electron chi connectivity index (χ1n) is 7.57. The van der Waals surface area contributed by atoms with Gasteiger partial charge in [0.15, 0.2) is 0 Å². The minimum Gasteiger partial charge on any atom is -0.368 e. The van der Waals surface area contributed by atoms with E-state index in [0.717, 1.165) is 38.8 Å². The Morgan fingerprint density at radius 2 is 2.10 bits per heavy atom. The lowest BCUT2D eigenvalue weighted by molar-refractivity contribution is -0.119. The summed E-state index contributed by atoms with van der Waals surface area (Å²) in [6, 6.07) is 5.97. The van der Waals surface area contributed by atoms with Crippen LogP contribution in [-0.4, -0.2) is 42.4 Å². The molecule has 0 spiro atoms. The normalized spacial score (nSPS) is 20.3. The van der Waals surface area contributed by atoms with Crippen molar-refractivity contribution in [1.29, 1.82) is 0 Å². The standard InChI is InChI=1S/C16H21N3O2/c17-15(20)10-19(14-6-7-18-9-14)16(21)13-5-4-11-2-1-3-12(11)8-13/h4-5,8,14,18H,1-3,6-7,9-10H2,(H2,17,20). The summed E-state index contributed by atoms with van der Waals surface area (Å²) in [7, 11) is 0. The van der Waals surface area contributed by atoms with Gasteiger partial charge in [0.1, 0.15) is 0 Å². The third-order valence-corrected chi connectivity index (χ3v) is 4.41. The number of primary amides is 1. The predicted octanol–water partition coefficient (Wildman–Crippen LogP) is 0.465. The number of nitrogens with one attached hydrogen (secondary N) is 1. The zero-order chi connectivity index (χ0) is 14.8. The SMILES string of the molecule is NC(=O)CN(C(=O)c1ccc2c(c1)CCC2)C1CCNC1. The topological polar surface area (TPSA) is 75.4 Å². The smallest absolute Gasteiger partial charge is 0.254 e. The van der Waals surface area contributed by atoms with E-state index in [1.807, 2.05) is 18.2 Å². The molecule has 1 heterocycles. The van der Waals surface area contributed by atoms with Crippen LogP contribution in [0.15, 0.2) is 18.2 Å². The molecule has 1 unspecified atom stereocenters. The van der Waals surface area contributed by atoms with Gasteiger partial charge >= 0.3 is 0 Å². The summed E-state index contributed by atoms with van der Waals surface area (Å²) < 4.78 is 0. The Labute approximate surface area is 124 Å². The van der Waals surface area contributed by atoms with Crippen molar-refractivity contribution in [1.82, 2.24) is 10.2 Å². The van der Waals surface area contributed by atoms with Gasteiger partial charge in [0.05, 0.1) is 6.54 Å². The highest BCUT2D eigenvalue weighted by Crippen LogP contribution is 2.24. The summed E-state index contributed by atoms with van der Waals surface area (Å²) in [5.74, 6) is -0.548. The number of carbonyl (C=O) groups excluding carboxylic acids is 2. The second-order valence-electron chi connectivity index (χ2n) is 5.88. The fourth-order valence-corrected chi connectivity index (χ4v) is 3.31. The fourth-order valence-electron chi connectivity index (χ4n) is 3.31. The molecule has 112 valence electrons. The molecule has 1 fully saturated rings. The summed E-state index contributed by atoms with van der Waals surface area (Å²) in [6.45, 7) is 1.59. The zero-order valence-corrected chi connectivity index (χ0v) is 12.1. The monoisotopic (exact) mass is 287 g/mol. The van der Waals surface area contributed by atoms with E-state index in [4.69, 9.17) is 5.73 Å². The van der Waals surface area contributed by atoms with Crippen LogP contribution in [0.1, 0.15) is 34.3 Å². The van der Waals surface area contributed by atoms with E-state index in [1.54, 1.807) is 4.90 Å². The van der Waals surface area contributed by atoms with Gasteiger partial charge in [-0.05, 0) is 55.5 Å². The Hall–Kier alpha value is -1.88. The summed E-state index contributed by atoms with van der Waals surface area (Å²) in [4.78, 5) is 25.7. The van der Waals surface area contributed by atoms with E-state index in [2.05, 4.69) is 5.32 Å². The van der Waals surface area contributed by atoms with Crippen molar-refractivity contribution in [2.45, 2.75) is 31.7 Å². The van der Waals surface area contributed by atoms with Crippen LogP contribution in [0, 0.1) is 0 Å². The lowest BCUT2D eigenvalue weighted by atomic mass is 10.0. The lowest BCUT2D eigenvalue weighted by Gasteiger charge is -2.27. The minimum absolute atomic E-state index is 0.0116. The maximum Gasteiger partial charge on any atom is 0.254 e. The zero-order valence-electron chi connectivity index (χ0n) is 12.1. The molecular weight excluding hydrogens is 266 g/mol. The molecule has 2 aliphatic rings.